The minimum absolute atomic E-state index is 0.215. The molecule has 1 aromatic carbocycles. The van der Waals surface area contributed by atoms with Crippen molar-refractivity contribution in [2.75, 3.05) is 18.9 Å². The van der Waals surface area contributed by atoms with Gasteiger partial charge in [-0.2, -0.15) is 0 Å². The van der Waals surface area contributed by atoms with E-state index in [-0.39, 0.29) is 5.54 Å². The molecule has 1 unspecified atom stereocenters. The van der Waals surface area contributed by atoms with Crippen LogP contribution in [0.25, 0.3) is 11.4 Å². The lowest BCUT2D eigenvalue weighted by Gasteiger charge is -2.33. The summed E-state index contributed by atoms with van der Waals surface area (Å²) in [5.74, 6) is 0.708. The number of para-hydroxylation sites is 1. The van der Waals surface area contributed by atoms with E-state index >= 15 is 0 Å². The van der Waals surface area contributed by atoms with Crippen LogP contribution in [0.1, 0.15) is 25.3 Å². The number of nitrogen functional groups attached to an aromatic ring is 1. The third-order valence-corrected chi connectivity index (χ3v) is 3.96. The van der Waals surface area contributed by atoms with Gasteiger partial charge in [0.05, 0.1) is 12.1 Å². The van der Waals surface area contributed by atoms with Crippen molar-refractivity contribution < 1.29 is 4.74 Å². The first-order valence-corrected chi connectivity index (χ1v) is 6.84. The molecule has 2 N–H and O–H groups in total. The normalized spacial score (nSPS) is 22.9. The Labute approximate surface area is 117 Å². The number of hydrogen-bond donors (Lipinski definition) is 1. The molecule has 0 spiro atoms. The first-order valence-electron chi connectivity index (χ1n) is 6.84. The number of nitrogens with two attached hydrogens (primary N) is 1. The van der Waals surface area contributed by atoms with Crippen LogP contribution in [-0.2, 0) is 10.3 Å². The van der Waals surface area contributed by atoms with E-state index in [9.17, 15) is 0 Å². The highest BCUT2D eigenvalue weighted by molar-refractivity contribution is 5.74. The maximum absolute atomic E-state index is 6.18. The van der Waals surface area contributed by atoms with Crippen LogP contribution in [0.4, 0.5) is 5.69 Å². The second-order valence-electron chi connectivity index (χ2n) is 5.60. The lowest BCUT2D eigenvalue weighted by molar-refractivity contribution is 0.00349. The van der Waals surface area contributed by atoms with Crippen molar-refractivity contribution in [2.24, 2.45) is 0 Å². The maximum Gasteiger partial charge on any atom is 0.184 e. The summed E-state index contributed by atoms with van der Waals surface area (Å²) in [6.07, 6.45) is 2.01. The minimum atomic E-state index is -0.215. The Morgan fingerprint density at radius 3 is 3.00 bits per heavy atom. The SMILES string of the molecule is Cc1cccc(-c2nnnn2C2(C)CCCOC2)c1N. The fourth-order valence-corrected chi connectivity index (χ4v) is 2.68. The lowest BCUT2D eigenvalue weighted by Crippen LogP contribution is -2.40. The number of benzene rings is 1. The standard InChI is InChI=1S/C14H19N5O/c1-10-5-3-6-11(12(10)15)13-16-17-18-19(13)14(2)7-4-8-20-9-14/h3,5-6H,4,7-9,15H2,1-2H3. The number of anilines is 1. The van der Waals surface area contributed by atoms with Crippen LogP contribution in [0.3, 0.4) is 0 Å². The summed E-state index contributed by atoms with van der Waals surface area (Å²) < 4.78 is 7.46. The molecule has 0 bridgehead atoms. The number of rotatable bonds is 2. The fraction of sp³-hybridized carbons (Fsp3) is 0.500. The van der Waals surface area contributed by atoms with Crippen LogP contribution >= 0.6 is 0 Å². The molecule has 2 heterocycles. The topological polar surface area (TPSA) is 78.8 Å². The van der Waals surface area contributed by atoms with E-state index in [1.54, 1.807) is 0 Å². The predicted octanol–water partition coefficient (Wildman–Crippen LogP) is 1.76. The van der Waals surface area contributed by atoms with E-state index in [0.29, 0.717) is 12.4 Å². The number of aromatic nitrogens is 4. The summed E-state index contributed by atoms with van der Waals surface area (Å²) in [5.41, 5.74) is 8.59. The zero-order valence-corrected chi connectivity index (χ0v) is 11.8. The molecule has 1 saturated heterocycles. The smallest absolute Gasteiger partial charge is 0.184 e. The molecule has 20 heavy (non-hydrogen) atoms. The van der Waals surface area contributed by atoms with Gasteiger partial charge in [0.25, 0.3) is 0 Å². The van der Waals surface area contributed by atoms with Gasteiger partial charge in [0.1, 0.15) is 0 Å². The molecule has 0 amide bonds. The van der Waals surface area contributed by atoms with Gasteiger partial charge in [-0.25, -0.2) is 4.68 Å². The molecule has 1 aromatic heterocycles. The largest absolute Gasteiger partial charge is 0.398 e. The first-order chi connectivity index (χ1) is 9.62. The highest BCUT2D eigenvalue weighted by Gasteiger charge is 2.34. The van der Waals surface area contributed by atoms with Crippen LogP contribution in [0, 0.1) is 6.92 Å². The van der Waals surface area contributed by atoms with Gasteiger partial charge in [-0.05, 0) is 48.7 Å². The van der Waals surface area contributed by atoms with Crippen LogP contribution in [0.15, 0.2) is 18.2 Å². The van der Waals surface area contributed by atoms with E-state index in [2.05, 4.69) is 22.4 Å². The molecule has 2 aromatic rings. The third kappa shape index (κ3) is 2.06. The van der Waals surface area contributed by atoms with Crippen LogP contribution < -0.4 is 5.73 Å². The van der Waals surface area contributed by atoms with Gasteiger partial charge in [0.15, 0.2) is 5.82 Å². The van der Waals surface area contributed by atoms with Crippen molar-refractivity contribution in [3.63, 3.8) is 0 Å². The Bertz CT molecular complexity index is 616. The highest BCUT2D eigenvalue weighted by atomic mass is 16.5. The molecule has 106 valence electrons. The molecule has 0 saturated carbocycles. The van der Waals surface area contributed by atoms with Crippen LogP contribution in [0.5, 0.6) is 0 Å². The summed E-state index contributed by atoms with van der Waals surface area (Å²) in [4.78, 5) is 0. The number of hydrogen-bond acceptors (Lipinski definition) is 5. The van der Waals surface area contributed by atoms with Crippen molar-refractivity contribution in [2.45, 2.75) is 32.2 Å². The molecule has 6 heteroatoms. The Balaban J connectivity index is 2.08. The van der Waals surface area contributed by atoms with Crippen LogP contribution in [-0.4, -0.2) is 33.4 Å². The summed E-state index contributed by atoms with van der Waals surface area (Å²) in [7, 11) is 0. The number of ether oxygens (including phenoxy) is 1. The number of nitrogens with zero attached hydrogens (tertiary/aromatic N) is 4. The Kier molecular flexibility index (Phi) is 3.17. The maximum atomic E-state index is 6.18. The van der Waals surface area contributed by atoms with Gasteiger partial charge in [-0.15, -0.1) is 5.10 Å². The molecule has 1 atom stereocenters. The third-order valence-electron chi connectivity index (χ3n) is 3.96. The monoisotopic (exact) mass is 273 g/mol. The van der Waals surface area contributed by atoms with Crippen molar-refractivity contribution >= 4 is 5.69 Å². The summed E-state index contributed by atoms with van der Waals surface area (Å²) in [6.45, 7) is 5.53. The fourth-order valence-electron chi connectivity index (χ4n) is 2.68. The van der Waals surface area contributed by atoms with E-state index in [1.165, 1.54) is 0 Å². The van der Waals surface area contributed by atoms with Crippen molar-refractivity contribution in [3.05, 3.63) is 23.8 Å². The summed E-state index contributed by atoms with van der Waals surface area (Å²) in [6, 6.07) is 5.91. The van der Waals surface area contributed by atoms with Crippen molar-refractivity contribution in [1.82, 2.24) is 20.2 Å². The van der Waals surface area contributed by atoms with Gasteiger partial charge >= 0.3 is 0 Å². The minimum Gasteiger partial charge on any atom is -0.398 e. The molecule has 3 rings (SSSR count). The zero-order chi connectivity index (χ0) is 14.2. The van der Waals surface area contributed by atoms with E-state index < -0.39 is 0 Å². The molecule has 6 nitrogen and oxygen atoms in total. The summed E-state index contributed by atoms with van der Waals surface area (Å²) in [5, 5.41) is 12.2. The average Bonchev–Trinajstić information content (AvgIpc) is 2.93. The van der Waals surface area contributed by atoms with Gasteiger partial charge in [0, 0.05) is 17.9 Å². The molecule has 0 radical (unpaired) electrons. The second-order valence-corrected chi connectivity index (χ2v) is 5.60. The molecule has 1 fully saturated rings. The van der Waals surface area contributed by atoms with Gasteiger partial charge in [-0.3, -0.25) is 0 Å². The van der Waals surface area contributed by atoms with Crippen LogP contribution in [0.2, 0.25) is 0 Å². The summed E-state index contributed by atoms with van der Waals surface area (Å²) >= 11 is 0. The predicted molar refractivity (Wildman–Crippen MR) is 76.1 cm³/mol. The van der Waals surface area contributed by atoms with E-state index in [0.717, 1.165) is 36.3 Å². The number of tetrazole rings is 1. The molecular formula is C14H19N5O. The lowest BCUT2D eigenvalue weighted by atomic mass is 9.94. The first kappa shape index (κ1) is 13.1. The van der Waals surface area contributed by atoms with Crippen molar-refractivity contribution in [1.29, 1.82) is 0 Å². The van der Waals surface area contributed by atoms with E-state index in [1.807, 2.05) is 29.8 Å². The van der Waals surface area contributed by atoms with E-state index in [4.69, 9.17) is 10.5 Å². The molecule has 0 aliphatic carbocycles. The average molecular weight is 273 g/mol. The molecule has 1 aliphatic rings. The zero-order valence-electron chi connectivity index (χ0n) is 11.8. The highest BCUT2D eigenvalue weighted by Crippen LogP contribution is 2.32. The second kappa shape index (κ2) is 4.86. The van der Waals surface area contributed by atoms with Gasteiger partial charge in [0.2, 0.25) is 0 Å². The van der Waals surface area contributed by atoms with Crippen molar-refractivity contribution in [3.8, 4) is 11.4 Å². The molecular weight excluding hydrogens is 254 g/mol. The number of aryl methyl sites for hydroxylation is 1. The Hall–Kier alpha value is -1.95. The Morgan fingerprint density at radius 1 is 1.40 bits per heavy atom. The van der Waals surface area contributed by atoms with Gasteiger partial charge < -0.3 is 10.5 Å². The Morgan fingerprint density at radius 2 is 2.25 bits per heavy atom. The molecule has 1 aliphatic heterocycles. The quantitative estimate of drug-likeness (QED) is 0.843. The van der Waals surface area contributed by atoms with Gasteiger partial charge in [-0.1, -0.05) is 12.1 Å².